The Kier molecular flexibility index (Phi) is 2.00. The molecule has 0 spiro atoms. The fourth-order valence-corrected chi connectivity index (χ4v) is 1.80. The molecule has 0 atom stereocenters. The highest BCUT2D eigenvalue weighted by atomic mass is 79.9. The van der Waals surface area contributed by atoms with Crippen molar-refractivity contribution < 1.29 is 4.74 Å². The van der Waals surface area contributed by atoms with Crippen LogP contribution in [0.3, 0.4) is 0 Å². The van der Waals surface area contributed by atoms with E-state index < -0.39 is 0 Å². The summed E-state index contributed by atoms with van der Waals surface area (Å²) in [5.41, 5.74) is 2.00. The van der Waals surface area contributed by atoms with Gasteiger partial charge in [-0.05, 0) is 28.9 Å². The van der Waals surface area contributed by atoms with Gasteiger partial charge in [0.15, 0.2) is 0 Å². The van der Waals surface area contributed by atoms with Crippen LogP contribution in [-0.4, -0.2) is 17.3 Å². The number of nitrogens with zero attached hydrogens (tertiary/aromatic N) is 1. The van der Waals surface area contributed by atoms with Crippen LogP contribution in [0.15, 0.2) is 16.6 Å². The van der Waals surface area contributed by atoms with E-state index in [9.17, 15) is 0 Å². The first-order chi connectivity index (χ1) is 6.22. The maximum absolute atomic E-state index is 5.16. The van der Waals surface area contributed by atoms with Crippen LogP contribution in [0, 0.1) is 6.92 Å². The number of H-pyrrole nitrogens is 1. The van der Waals surface area contributed by atoms with Gasteiger partial charge >= 0.3 is 0 Å². The van der Waals surface area contributed by atoms with Crippen LogP contribution in [-0.2, 0) is 0 Å². The molecular weight excluding hydrogens is 232 g/mol. The SMILES string of the molecule is COc1cc2n[nH]c(C)c2cc1Br. The van der Waals surface area contributed by atoms with E-state index in [-0.39, 0.29) is 0 Å². The van der Waals surface area contributed by atoms with Crippen molar-refractivity contribution in [3.8, 4) is 5.75 Å². The second-order valence-electron chi connectivity index (χ2n) is 2.85. The molecule has 0 bridgehead atoms. The van der Waals surface area contributed by atoms with Gasteiger partial charge in [-0.3, -0.25) is 5.10 Å². The number of benzene rings is 1. The molecule has 4 heteroatoms. The molecule has 0 radical (unpaired) electrons. The van der Waals surface area contributed by atoms with Gasteiger partial charge in [0, 0.05) is 17.1 Å². The Bertz CT molecular complexity index is 450. The fraction of sp³-hybridized carbons (Fsp3) is 0.222. The highest BCUT2D eigenvalue weighted by Gasteiger charge is 2.06. The van der Waals surface area contributed by atoms with Crippen LogP contribution in [0.25, 0.3) is 10.9 Å². The summed E-state index contributed by atoms with van der Waals surface area (Å²) < 4.78 is 6.11. The molecule has 0 aliphatic carbocycles. The summed E-state index contributed by atoms with van der Waals surface area (Å²) in [5, 5.41) is 8.19. The molecule has 0 fully saturated rings. The first-order valence-electron chi connectivity index (χ1n) is 3.90. The van der Waals surface area contributed by atoms with Crippen molar-refractivity contribution in [1.82, 2.24) is 10.2 Å². The van der Waals surface area contributed by atoms with Crippen LogP contribution in [0.1, 0.15) is 5.69 Å². The molecular formula is C9H9BrN2O. The molecule has 1 N–H and O–H groups in total. The summed E-state index contributed by atoms with van der Waals surface area (Å²) in [4.78, 5) is 0. The van der Waals surface area contributed by atoms with Crippen molar-refractivity contribution in [1.29, 1.82) is 0 Å². The minimum atomic E-state index is 0.805. The lowest BCUT2D eigenvalue weighted by atomic mass is 10.2. The molecule has 0 amide bonds. The van der Waals surface area contributed by atoms with Gasteiger partial charge in [0.25, 0.3) is 0 Å². The van der Waals surface area contributed by atoms with Gasteiger partial charge in [0.1, 0.15) is 5.75 Å². The Hall–Kier alpha value is -1.03. The summed E-state index contributed by atoms with van der Waals surface area (Å²) in [6, 6.07) is 3.91. The third-order valence-corrected chi connectivity index (χ3v) is 2.64. The molecule has 0 saturated carbocycles. The summed E-state index contributed by atoms with van der Waals surface area (Å²) in [6.45, 7) is 1.99. The van der Waals surface area contributed by atoms with Crippen molar-refractivity contribution in [3.63, 3.8) is 0 Å². The maximum Gasteiger partial charge on any atom is 0.135 e. The molecule has 1 aromatic carbocycles. The molecule has 13 heavy (non-hydrogen) atoms. The minimum Gasteiger partial charge on any atom is -0.495 e. The summed E-state index contributed by atoms with van der Waals surface area (Å²) in [5.74, 6) is 0.805. The molecule has 1 heterocycles. The van der Waals surface area contributed by atoms with Crippen LogP contribution in [0.4, 0.5) is 0 Å². The number of nitrogens with one attached hydrogen (secondary N) is 1. The topological polar surface area (TPSA) is 37.9 Å². The highest BCUT2D eigenvalue weighted by Crippen LogP contribution is 2.30. The third-order valence-electron chi connectivity index (χ3n) is 2.02. The van der Waals surface area contributed by atoms with Gasteiger partial charge in [-0.25, -0.2) is 0 Å². The predicted molar refractivity (Wildman–Crippen MR) is 55.1 cm³/mol. The highest BCUT2D eigenvalue weighted by molar-refractivity contribution is 9.10. The zero-order chi connectivity index (χ0) is 9.42. The molecule has 1 aromatic heterocycles. The zero-order valence-electron chi connectivity index (χ0n) is 7.39. The molecule has 68 valence electrons. The Morgan fingerprint density at radius 3 is 2.92 bits per heavy atom. The van der Waals surface area contributed by atoms with E-state index in [0.717, 1.165) is 26.8 Å². The van der Waals surface area contributed by atoms with Gasteiger partial charge in [-0.1, -0.05) is 0 Å². The lowest BCUT2D eigenvalue weighted by Gasteiger charge is -2.01. The van der Waals surface area contributed by atoms with Gasteiger partial charge in [0.05, 0.1) is 17.1 Å². The van der Waals surface area contributed by atoms with Crippen molar-refractivity contribution in [2.75, 3.05) is 7.11 Å². The molecule has 0 saturated heterocycles. The van der Waals surface area contributed by atoms with E-state index in [2.05, 4.69) is 26.1 Å². The molecule has 0 aliphatic rings. The van der Waals surface area contributed by atoms with E-state index in [0.29, 0.717) is 0 Å². The largest absolute Gasteiger partial charge is 0.495 e. The number of aryl methyl sites for hydroxylation is 1. The third kappa shape index (κ3) is 1.31. The van der Waals surface area contributed by atoms with Crippen molar-refractivity contribution in [3.05, 3.63) is 22.3 Å². The molecule has 3 nitrogen and oxygen atoms in total. The summed E-state index contributed by atoms with van der Waals surface area (Å²) in [7, 11) is 1.64. The number of rotatable bonds is 1. The molecule has 2 rings (SSSR count). The Morgan fingerprint density at radius 2 is 2.23 bits per heavy atom. The molecule has 0 aliphatic heterocycles. The average Bonchev–Trinajstić information content (AvgIpc) is 2.47. The van der Waals surface area contributed by atoms with Gasteiger partial charge in [-0.2, -0.15) is 5.10 Å². The first-order valence-corrected chi connectivity index (χ1v) is 4.70. The number of hydrogen-bond acceptors (Lipinski definition) is 2. The standard InChI is InChI=1S/C9H9BrN2O/c1-5-6-3-7(10)9(13-2)4-8(6)12-11-5/h3-4H,1-2H3,(H,11,12). The number of aromatic nitrogens is 2. The van der Waals surface area contributed by atoms with E-state index in [1.807, 2.05) is 19.1 Å². The second-order valence-corrected chi connectivity index (χ2v) is 3.71. The number of halogens is 1. The Labute approximate surface area is 84.2 Å². The number of ether oxygens (including phenoxy) is 1. The molecule has 0 unspecified atom stereocenters. The van der Waals surface area contributed by atoms with E-state index in [1.54, 1.807) is 7.11 Å². The van der Waals surface area contributed by atoms with Crippen LogP contribution < -0.4 is 4.74 Å². The van der Waals surface area contributed by atoms with Crippen molar-refractivity contribution >= 4 is 26.8 Å². The number of aromatic amines is 1. The second kappa shape index (κ2) is 3.03. The van der Waals surface area contributed by atoms with Crippen molar-refractivity contribution in [2.45, 2.75) is 6.92 Å². The quantitative estimate of drug-likeness (QED) is 0.833. The Morgan fingerprint density at radius 1 is 1.46 bits per heavy atom. The van der Waals surface area contributed by atoms with Crippen LogP contribution in [0.2, 0.25) is 0 Å². The first kappa shape index (κ1) is 8.56. The van der Waals surface area contributed by atoms with Crippen LogP contribution in [0.5, 0.6) is 5.75 Å². The average molecular weight is 241 g/mol. The summed E-state index contributed by atoms with van der Waals surface area (Å²) in [6.07, 6.45) is 0. The monoisotopic (exact) mass is 240 g/mol. The van der Waals surface area contributed by atoms with E-state index in [1.165, 1.54) is 0 Å². The van der Waals surface area contributed by atoms with E-state index >= 15 is 0 Å². The lowest BCUT2D eigenvalue weighted by molar-refractivity contribution is 0.412. The predicted octanol–water partition coefficient (Wildman–Crippen LogP) is 2.64. The number of methoxy groups -OCH3 is 1. The normalized spacial score (nSPS) is 10.7. The summed E-state index contributed by atoms with van der Waals surface area (Å²) >= 11 is 3.43. The van der Waals surface area contributed by atoms with Gasteiger partial charge < -0.3 is 4.74 Å². The zero-order valence-corrected chi connectivity index (χ0v) is 8.97. The lowest BCUT2D eigenvalue weighted by Crippen LogP contribution is -1.84. The smallest absolute Gasteiger partial charge is 0.135 e. The molecule has 2 aromatic rings. The van der Waals surface area contributed by atoms with Crippen molar-refractivity contribution in [2.24, 2.45) is 0 Å². The van der Waals surface area contributed by atoms with Gasteiger partial charge in [-0.15, -0.1) is 0 Å². The van der Waals surface area contributed by atoms with Crippen LogP contribution >= 0.6 is 15.9 Å². The maximum atomic E-state index is 5.16. The fourth-order valence-electron chi connectivity index (χ4n) is 1.30. The number of fused-ring (bicyclic) bond motifs is 1. The van der Waals surface area contributed by atoms with E-state index in [4.69, 9.17) is 4.74 Å². The number of hydrogen-bond donors (Lipinski definition) is 1. The minimum absolute atomic E-state index is 0.805. The Balaban J connectivity index is 2.76. The van der Waals surface area contributed by atoms with Gasteiger partial charge in [0.2, 0.25) is 0 Å².